The van der Waals surface area contributed by atoms with Gasteiger partial charge in [-0.15, -0.1) is 0 Å². The van der Waals surface area contributed by atoms with Gasteiger partial charge in [0, 0.05) is 24.5 Å². The van der Waals surface area contributed by atoms with Gasteiger partial charge in [0.05, 0.1) is 0 Å². The Morgan fingerprint density at radius 1 is 1.33 bits per heavy atom. The van der Waals surface area contributed by atoms with Crippen LogP contribution < -0.4 is 0 Å². The van der Waals surface area contributed by atoms with E-state index in [4.69, 9.17) is 5.48 Å². The molecule has 0 nitrogen and oxygen atoms in total. The first kappa shape index (κ1) is 2.13. The molecular weight excluding hydrogens is 104 g/mol. The molecule has 0 aromatic carbocycles. The summed E-state index contributed by atoms with van der Waals surface area (Å²) in [4.78, 5) is 0. The molecule has 38 valence electrons. The van der Waals surface area contributed by atoms with Crippen molar-refractivity contribution >= 4 is 19.0 Å². The van der Waals surface area contributed by atoms with Crippen molar-refractivity contribution in [2.45, 2.75) is 25.1 Å². The van der Waals surface area contributed by atoms with Gasteiger partial charge in [-0.25, -0.2) is 0 Å². The summed E-state index contributed by atoms with van der Waals surface area (Å²) in [5.74, 6) is -2.96. The largest absolute Gasteiger partial charge is 0.0748 e. The monoisotopic (exact) mass is 122 g/mol. The van der Waals surface area contributed by atoms with E-state index in [1.54, 1.807) is 0 Å². The van der Waals surface area contributed by atoms with Crippen LogP contribution in [0.5, 0.6) is 0 Å². The molecular formula is C4H14Si2. The van der Waals surface area contributed by atoms with Crippen LogP contribution >= 0.6 is 0 Å². The number of hydrogen-bond acceptors (Lipinski definition) is 0. The third kappa shape index (κ3) is 4.43. The average Bonchev–Trinajstić information content (AvgIpc) is 1.88. The zero-order valence-electron chi connectivity index (χ0n) is 8.41. The molecule has 0 rings (SSSR count). The van der Waals surface area contributed by atoms with Crippen molar-refractivity contribution in [3.63, 3.8) is 0 Å². The van der Waals surface area contributed by atoms with Gasteiger partial charge in [-0.2, -0.15) is 0 Å². The first-order valence-electron chi connectivity index (χ1n) is 4.37. The minimum atomic E-state index is -1.48. The third-order valence-electron chi connectivity index (χ3n) is 0.479. The van der Waals surface area contributed by atoms with Gasteiger partial charge in [0.1, 0.15) is 0 Å². The van der Waals surface area contributed by atoms with Gasteiger partial charge in [-0.05, 0) is 0 Å². The van der Waals surface area contributed by atoms with Crippen LogP contribution in [0.15, 0.2) is 0 Å². The summed E-state index contributed by atoms with van der Waals surface area (Å²) in [6, 6.07) is 0. The Morgan fingerprint density at radius 3 is 1.83 bits per heavy atom. The van der Waals surface area contributed by atoms with Crippen molar-refractivity contribution in [2.75, 3.05) is 0 Å². The molecule has 0 bridgehead atoms. The van der Waals surface area contributed by atoms with Crippen LogP contribution in [0.4, 0.5) is 0 Å². The lowest BCUT2D eigenvalue weighted by Gasteiger charge is -1.84. The lowest BCUT2D eigenvalue weighted by molar-refractivity contribution is 1.41. The van der Waals surface area contributed by atoms with Crippen LogP contribution in [0.2, 0.25) is 25.1 Å². The normalized spacial score (nSPS) is 27.7. The highest BCUT2D eigenvalue weighted by Gasteiger charge is 1.77. The lowest BCUT2D eigenvalue weighted by Crippen LogP contribution is -1.83. The second kappa shape index (κ2) is 5.43. The van der Waals surface area contributed by atoms with Crippen molar-refractivity contribution in [3.05, 3.63) is 0 Å². The third-order valence-corrected chi connectivity index (χ3v) is 2.19. The highest BCUT2D eigenvalue weighted by atomic mass is 28.2. The van der Waals surface area contributed by atoms with E-state index >= 15 is 0 Å². The molecule has 0 spiro atoms. The van der Waals surface area contributed by atoms with Gasteiger partial charge in [0.2, 0.25) is 0 Å². The Kier molecular flexibility index (Phi) is 1.93. The molecule has 0 atom stereocenters. The van der Waals surface area contributed by atoms with Crippen molar-refractivity contribution in [1.82, 2.24) is 0 Å². The molecule has 6 heavy (non-hydrogen) atoms. The molecule has 0 fully saturated rings. The minimum Gasteiger partial charge on any atom is -0.0748 e. The Balaban J connectivity index is 4.28. The summed E-state index contributed by atoms with van der Waals surface area (Å²) in [5, 5.41) is 0. The van der Waals surface area contributed by atoms with E-state index in [9.17, 15) is 0 Å². The van der Waals surface area contributed by atoms with E-state index in [0.717, 1.165) is 0 Å². The zero-order valence-corrected chi connectivity index (χ0v) is 7.24. The first-order chi connectivity index (χ1) is 4.37. The van der Waals surface area contributed by atoms with Crippen LogP contribution in [0.1, 0.15) is 5.48 Å². The predicted molar refractivity (Wildman–Crippen MR) is 38.4 cm³/mol. The van der Waals surface area contributed by atoms with E-state index in [-0.39, 0.29) is 0 Å². The van der Waals surface area contributed by atoms with Crippen LogP contribution in [0.3, 0.4) is 0 Å². The summed E-state index contributed by atoms with van der Waals surface area (Å²) in [5.41, 5.74) is 0. The fourth-order valence-corrected chi connectivity index (χ4v) is 2.25. The van der Waals surface area contributed by atoms with Crippen molar-refractivity contribution in [3.8, 4) is 0 Å². The van der Waals surface area contributed by atoms with Gasteiger partial charge in [0.25, 0.3) is 0 Å². The molecule has 0 aliphatic heterocycles. The van der Waals surface area contributed by atoms with Gasteiger partial charge in [0.15, 0.2) is 0 Å². The van der Waals surface area contributed by atoms with E-state index in [2.05, 4.69) is 0 Å². The lowest BCUT2D eigenvalue weighted by atomic mass is 10.9. The molecule has 0 amide bonds. The summed E-state index contributed by atoms with van der Waals surface area (Å²) < 4.78 is 29.5. The number of rotatable bonds is 3. The van der Waals surface area contributed by atoms with E-state index in [1.165, 1.54) is 0 Å². The average molecular weight is 122 g/mol. The summed E-state index contributed by atoms with van der Waals surface area (Å²) in [7, 11) is -1.76. The predicted octanol–water partition coefficient (Wildman–Crippen LogP) is 0.257. The molecule has 0 unspecified atom stereocenters. The molecule has 0 aromatic heterocycles. The summed E-state index contributed by atoms with van der Waals surface area (Å²) in [6.45, 7) is 3.64. The number of hydrogen-bond donors (Lipinski definition) is 0. The highest BCUT2D eigenvalue weighted by molar-refractivity contribution is 6.40. The maximum absolute atomic E-state index is 7.37. The second-order valence-electron chi connectivity index (χ2n) is 1.06. The van der Waals surface area contributed by atoms with Crippen LogP contribution in [0.25, 0.3) is 0 Å². The molecule has 2 heteroatoms. The highest BCUT2D eigenvalue weighted by Crippen LogP contribution is 1.84. The minimum absolute atomic E-state index is 0.880. The van der Waals surface area contributed by atoms with Gasteiger partial charge >= 0.3 is 0 Å². The van der Waals surface area contributed by atoms with Crippen LogP contribution in [0, 0.1) is 0 Å². The van der Waals surface area contributed by atoms with E-state index in [1.807, 2.05) is 13.1 Å². The zero-order chi connectivity index (χ0) is 8.41. The fraction of sp³-hybridized carbons (Fsp3) is 1.00. The first-order valence-corrected chi connectivity index (χ1v) is 6.61. The Morgan fingerprint density at radius 2 is 1.67 bits per heavy atom. The van der Waals surface area contributed by atoms with Crippen molar-refractivity contribution in [1.29, 1.82) is 0 Å². The molecule has 0 aliphatic carbocycles. The molecule has 0 heterocycles. The Bertz CT molecular complexity index is 99.8. The van der Waals surface area contributed by atoms with E-state index in [0.29, 0.717) is 0 Å². The quantitative estimate of drug-likeness (QED) is 0.471. The summed E-state index contributed by atoms with van der Waals surface area (Å²) >= 11 is 0. The van der Waals surface area contributed by atoms with Crippen LogP contribution in [-0.2, 0) is 0 Å². The maximum Gasteiger partial charge on any atom is 0.0226 e. The molecule has 0 aliphatic rings. The Hall–Kier alpha value is 0.434. The Labute approximate surface area is 50.6 Å². The SMILES string of the molecule is [2H]C([2H])([SiH2]C)C([2H])([2H])[SiH2]C. The van der Waals surface area contributed by atoms with Gasteiger partial charge in [-0.1, -0.05) is 25.1 Å². The van der Waals surface area contributed by atoms with Crippen molar-refractivity contribution in [2.24, 2.45) is 0 Å². The van der Waals surface area contributed by atoms with Gasteiger partial charge in [-0.3, -0.25) is 0 Å². The maximum atomic E-state index is 7.37. The van der Waals surface area contributed by atoms with Gasteiger partial charge < -0.3 is 0 Å². The molecule has 0 saturated heterocycles. The molecule has 0 saturated carbocycles. The fourth-order valence-electron chi connectivity index (χ4n) is 0.250. The van der Waals surface area contributed by atoms with E-state index < -0.39 is 31.0 Å². The molecule has 0 N–H and O–H groups in total. The second-order valence-corrected chi connectivity index (χ2v) is 3.18. The topological polar surface area (TPSA) is 0 Å². The van der Waals surface area contributed by atoms with Crippen molar-refractivity contribution < 1.29 is 5.48 Å². The molecule has 0 radical (unpaired) electrons. The standard InChI is InChI=1S/C4H14Si2/c1-5-3-4-6-2/h3-6H2,1-2H3/i3D2,4D2. The smallest absolute Gasteiger partial charge is 0.0226 e. The molecule has 0 aromatic rings. The van der Waals surface area contributed by atoms with Crippen LogP contribution in [-0.4, -0.2) is 19.0 Å². The summed E-state index contributed by atoms with van der Waals surface area (Å²) in [6.07, 6.45) is 0.